The molecule has 0 radical (unpaired) electrons. The SMILES string of the molecule is O=C(C[NH+]1CCCCCC1)c1ccc2c(c1)CCC2.O=C([O-])/C=C\C(=O)O. The highest BCUT2D eigenvalue weighted by molar-refractivity contribution is 5.97. The fraction of sp³-hybridized carbons (Fsp3) is 0.476. The average molecular weight is 373 g/mol. The van der Waals surface area contributed by atoms with E-state index in [1.807, 2.05) is 6.07 Å². The lowest BCUT2D eigenvalue weighted by molar-refractivity contribution is -0.890. The predicted molar refractivity (Wildman–Crippen MR) is 98.6 cm³/mol. The van der Waals surface area contributed by atoms with Gasteiger partial charge in [0.1, 0.15) is 6.54 Å². The molecular weight excluding hydrogens is 346 g/mol. The molecule has 0 unspecified atom stereocenters. The van der Waals surface area contributed by atoms with Crippen LogP contribution in [0.3, 0.4) is 0 Å². The van der Waals surface area contributed by atoms with Crippen LogP contribution in [0.5, 0.6) is 0 Å². The van der Waals surface area contributed by atoms with E-state index in [0.717, 1.165) is 12.0 Å². The van der Waals surface area contributed by atoms with Crippen LogP contribution in [0.25, 0.3) is 0 Å². The minimum atomic E-state index is -1.51. The first-order valence-corrected chi connectivity index (χ1v) is 9.56. The Morgan fingerprint density at radius 3 is 2.22 bits per heavy atom. The molecule has 1 saturated heterocycles. The monoisotopic (exact) mass is 373 g/mol. The summed E-state index contributed by atoms with van der Waals surface area (Å²) in [5.41, 5.74) is 3.81. The van der Waals surface area contributed by atoms with Gasteiger partial charge in [0.2, 0.25) is 5.78 Å². The van der Waals surface area contributed by atoms with Crippen molar-refractivity contribution in [3.8, 4) is 0 Å². The molecule has 0 aromatic heterocycles. The molecule has 1 aliphatic carbocycles. The lowest BCUT2D eigenvalue weighted by Crippen LogP contribution is -3.12. The summed E-state index contributed by atoms with van der Waals surface area (Å²) in [5, 5.41) is 17.2. The third-order valence-electron chi connectivity index (χ3n) is 5.00. The zero-order valence-corrected chi connectivity index (χ0v) is 15.5. The van der Waals surface area contributed by atoms with Crippen LogP contribution in [-0.4, -0.2) is 42.5 Å². The zero-order valence-electron chi connectivity index (χ0n) is 15.5. The molecule has 1 aliphatic heterocycles. The fourth-order valence-electron chi connectivity index (χ4n) is 3.62. The molecule has 1 aromatic rings. The standard InChI is InChI=1S/C17H23NO.C4H4O4/c19-17(13-18-10-3-1-2-4-11-18)16-9-8-14-6-5-7-15(14)12-16;5-3(6)1-2-4(7)8/h8-9,12H,1-7,10-11,13H2;1-2H,(H,5,6)(H,7,8)/b;2-1-. The first kappa shape index (κ1) is 20.8. The highest BCUT2D eigenvalue weighted by atomic mass is 16.4. The summed E-state index contributed by atoms with van der Waals surface area (Å²) < 4.78 is 0. The lowest BCUT2D eigenvalue weighted by atomic mass is 10.0. The molecule has 0 spiro atoms. The van der Waals surface area contributed by atoms with Crippen LogP contribution in [0.1, 0.15) is 53.6 Å². The summed E-state index contributed by atoms with van der Waals surface area (Å²) in [6.07, 6.45) is 9.81. The zero-order chi connectivity index (χ0) is 19.6. The maximum atomic E-state index is 12.4. The summed E-state index contributed by atoms with van der Waals surface area (Å²) in [5.74, 6) is -2.46. The van der Waals surface area contributed by atoms with Crippen molar-refractivity contribution >= 4 is 17.7 Å². The second kappa shape index (κ2) is 10.6. The van der Waals surface area contributed by atoms with Crippen molar-refractivity contribution in [1.29, 1.82) is 0 Å². The number of carboxylic acid groups (broad SMARTS) is 2. The lowest BCUT2D eigenvalue weighted by Gasteiger charge is -2.16. The van der Waals surface area contributed by atoms with E-state index in [1.165, 1.54) is 67.6 Å². The largest absolute Gasteiger partial charge is 0.545 e. The Balaban J connectivity index is 0.000000279. The first-order chi connectivity index (χ1) is 13.0. The van der Waals surface area contributed by atoms with Gasteiger partial charge in [-0.3, -0.25) is 4.79 Å². The van der Waals surface area contributed by atoms with Crippen LogP contribution in [0.4, 0.5) is 0 Å². The minimum absolute atomic E-state index is 0.339. The predicted octanol–water partition coefficient (Wildman–Crippen LogP) is 0.194. The average Bonchev–Trinajstić information content (AvgIpc) is 2.96. The van der Waals surface area contributed by atoms with Gasteiger partial charge in [-0.15, -0.1) is 0 Å². The first-order valence-electron chi connectivity index (χ1n) is 9.56. The molecule has 27 heavy (non-hydrogen) atoms. The second-order valence-electron chi connectivity index (χ2n) is 7.09. The number of quaternary nitrogens is 1. The number of hydrogen-bond acceptors (Lipinski definition) is 4. The van der Waals surface area contributed by atoms with E-state index in [4.69, 9.17) is 5.11 Å². The van der Waals surface area contributed by atoms with Crippen molar-refractivity contribution in [3.63, 3.8) is 0 Å². The van der Waals surface area contributed by atoms with Gasteiger partial charge < -0.3 is 19.9 Å². The topological polar surface area (TPSA) is 98.9 Å². The van der Waals surface area contributed by atoms with E-state index in [1.54, 1.807) is 0 Å². The molecule has 2 aliphatic rings. The Bertz CT molecular complexity index is 687. The number of rotatable bonds is 5. The van der Waals surface area contributed by atoms with E-state index in [-0.39, 0.29) is 0 Å². The van der Waals surface area contributed by atoms with Crippen LogP contribution in [0, 0.1) is 0 Å². The molecule has 3 rings (SSSR count). The van der Waals surface area contributed by atoms with E-state index in [0.29, 0.717) is 24.5 Å². The number of aryl methyl sites for hydroxylation is 2. The minimum Gasteiger partial charge on any atom is -0.545 e. The van der Waals surface area contributed by atoms with Crippen molar-refractivity contribution in [2.24, 2.45) is 0 Å². The number of carbonyl (C=O) groups is 3. The number of benzene rings is 1. The third-order valence-corrected chi connectivity index (χ3v) is 5.00. The number of carboxylic acids is 2. The van der Waals surface area contributed by atoms with Gasteiger partial charge in [-0.25, -0.2) is 4.79 Å². The Hall–Kier alpha value is -2.47. The molecule has 6 nitrogen and oxygen atoms in total. The molecule has 1 fully saturated rings. The second-order valence-corrected chi connectivity index (χ2v) is 7.09. The summed E-state index contributed by atoms with van der Waals surface area (Å²) in [6, 6.07) is 6.37. The maximum absolute atomic E-state index is 12.4. The molecule has 146 valence electrons. The van der Waals surface area contributed by atoms with Crippen LogP contribution in [0.15, 0.2) is 30.4 Å². The molecule has 6 heteroatoms. The van der Waals surface area contributed by atoms with E-state index in [2.05, 4.69) is 12.1 Å². The van der Waals surface area contributed by atoms with E-state index in [9.17, 15) is 19.5 Å². The number of Topliss-reactive ketones (excluding diaryl/α,β-unsaturated/α-hetero) is 1. The normalized spacial score (nSPS) is 16.9. The van der Waals surface area contributed by atoms with E-state index < -0.39 is 11.9 Å². The van der Waals surface area contributed by atoms with Gasteiger partial charge in [0.25, 0.3) is 0 Å². The van der Waals surface area contributed by atoms with Gasteiger partial charge in [-0.05, 0) is 68.2 Å². The Labute approximate surface area is 159 Å². The van der Waals surface area contributed by atoms with Crippen molar-refractivity contribution in [3.05, 3.63) is 47.0 Å². The molecule has 2 N–H and O–H groups in total. The molecule has 1 heterocycles. The van der Waals surface area contributed by atoms with Crippen LogP contribution in [-0.2, 0) is 22.4 Å². The molecule has 0 atom stereocenters. The van der Waals surface area contributed by atoms with Gasteiger partial charge in [0.15, 0.2) is 0 Å². The molecule has 0 bridgehead atoms. The summed E-state index contributed by atoms with van der Waals surface area (Å²) in [4.78, 5) is 32.9. The molecule has 0 amide bonds. The highest BCUT2D eigenvalue weighted by Crippen LogP contribution is 2.22. The molecule has 0 saturated carbocycles. The number of ketones is 1. The molecular formula is C21H27NO5. The highest BCUT2D eigenvalue weighted by Gasteiger charge is 2.19. The number of carbonyl (C=O) groups excluding carboxylic acids is 2. The van der Waals surface area contributed by atoms with Crippen LogP contribution in [0.2, 0.25) is 0 Å². The fourth-order valence-corrected chi connectivity index (χ4v) is 3.62. The molecule has 1 aromatic carbocycles. The number of aliphatic carboxylic acids is 2. The van der Waals surface area contributed by atoms with Gasteiger partial charge in [0, 0.05) is 11.6 Å². The van der Waals surface area contributed by atoms with Crippen molar-refractivity contribution in [2.75, 3.05) is 19.6 Å². The van der Waals surface area contributed by atoms with Gasteiger partial charge >= 0.3 is 5.97 Å². The smallest absolute Gasteiger partial charge is 0.328 e. The number of hydrogen-bond donors (Lipinski definition) is 2. The van der Waals surface area contributed by atoms with Gasteiger partial charge in [-0.1, -0.05) is 12.1 Å². The van der Waals surface area contributed by atoms with Crippen molar-refractivity contribution in [1.82, 2.24) is 0 Å². The number of likely N-dealkylation sites (tertiary alicyclic amines) is 1. The van der Waals surface area contributed by atoms with E-state index >= 15 is 0 Å². The van der Waals surface area contributed by atoms with Crippen LogP contribution >= 0.6 is 0 Å². The quantitative estimate of drug-likeness (QED) is 0.567. The summed E-state index contributed by atoms with van der Waals surface area (Å²) in [7, 11) is 0. The van der Waals surface area contributed by atoms with Crippen molar-refractivity contribution in [2.45, 2.75) is 44.9 Å². The summed E-state index contributed by atoms with van der Waals surface area (Å²) in [6.45, 7) is 3.05. The number of nitrogens with one attached hydrogen (secondary N) is 1. The van der Waals surface area contributed by atoms with Crippen molar-refractivity contribution < 1.29 is 29.5 Å². The van der Waals surface area contributed by atoms with Gasteiger partial charge in [0.05, 0.1) is 19.1 Å². The third kappa shape index (κ3) is 7.35. The Morgan fingerprint density at radius 1 is 0.963 bits per heavy atom. The van der Waals surface area contributed by atoms with Gasteiger partial charge in [-0.2, -0.15) is 0 Å². The summed E-state index contributed by atoms with van der Waals surface area (Å²) >= 11 is 0. The van der Waals surface area contributed by atoms with Crippen LogP contribution < -0.4 is 10.0 Å². The number of fused-ring (bicyclic) bond motifs is 1. The maximum Gasteiger partial charge on any atom is 0.328 e. The Kier molecular flexibility index (Phi) is 8.20. The Morgan fingerprint density at radius 2 is 1.63 bits per heavy atom.